The first-order valence-electron chi connectivity index (χ1n) is 16.2. The largest absolute Gasteiger partial charge is 0.497 e. The maximum Gasteiger partial charge on any atom is 0.408 e. The summed E-state index contributed by atoms with van der Waals surface area (Å²) in [6.45, 7) is 4.85. The lowest BCUT2D eigenvalue weighted by atomic mass is 10.0. The second-order valence-corrected chi connectivity index (χ2v) is 16.5. The highest BCUT2D eigenvalue weighted by Gasteiger charge is 2.31. The second-order valence-electron chi connectivity index (χ2n) is 13.4. The lowest BCUT2D eigenvalue weighted by Crippen LogP contribution is -2.39. The molecule has 0 aliphatic carbocycles. The van der Waals surface area contributed by atoms with Crippen molar-refractivity contribution in [2.75, 3.05) is 17.7 Å². The number of rotatable bonds is 10. The van der Waals surface area contributed by atoms with E-state index in [4.69, 9.17) is 21.1 Å². The number of anilines is 1. The number of aryl methyl sites for hydroxylation is 1. The molecule has 1 N–H and O–H groups in total. The van der Waals surface area contributed by atoms with Crippen LogP contribution in [0.5, 0.6) is 5.75 Å². The Labute approximate surface area is 321 Å². The van der Waals surface area contributed by atoms with Gasteiger partial charge < -0.3 is 14.8 Å². The van der Waals surface area contributed by atoms with Gasteiger partial charge in [0.15, 0.2) is 17.2 Å². The number of sulfonamides is 1. The molecule has 14 nitrogen and oxygen atoms in total. The first kappa shape index (κ1) is 38.6. The van der Waals surface area contributed by atoms with E-state index in [9.17, 15) is 26.8 Å². The number of ether oxygens (including phenoxy) is 2. The minimum atomic E-state index is -3.98. The predicted octanol–water partition coefficient (Wildman–Crippen LogP) is 6.24. The summed E-state index contributed by atoms with van der Waals surface area (Å²) >= 11 is 10.1. The van der Waals surface area contributed by atoms with Crippen molar-refractivity contribution in [1.82, 2.24) is 34.5 Å². The molecule has 3 aromatic heterocycles. The average Bonchev–Trinajstić information content (AvgIpc) is 3.62. The van der Waals surface area contributed by atoms with Gasteiger partial charge in [-0.25, -0.2) is 26.3 Å². The molecule has 6 aromatic rings. The number of nitrogens with one attached hydrogen (secondary N) is 1. The summed E-state index contributed by atoms with van der Waals surface area (Å²) < 4.78 is 71.4. The Hall–Kier alpha value is -5.07. The molecule has 6 rings (SSSR count). The van der Waals surface area contributed by atoms with E-state index in [1.165, 1.54) is 34.6 Å². The van der Waals surface area contributed by atoms with Crippen molar-refractivity contribution in [3.63, 3.8) is 0 Å². The van der Waals surface area contributed by atoms with Gasteiger partial charge in [-0.2, -0.15) is 5.10 Å². The summed E-state index contributed by atoms with van der Waals surface area (Å²) in [6, 6.07) is 12.9. The van der Waals surface area contributed by atoms with Gasteiger partial charge in [0, 0.05) is 25.6 Å². The lowest BCUT2D eigenvalue weighted by Gasteiger charge is -2.25. The Morgan fingerprint density at radius 1 is 1.02 bits per heavy atom. The van der Waals surface area contributed by atoms with Gasteiger partial charge in [0.1, 0.15) is 27.6 Å². The molecule has 1 atom stereocenters. The number of nitrogens with zero attached hydrogens (tertiary/aromatic N) is 7. The van der Waals surface area contributed by atoms with E-state index in [1.54, 1.807) is 52.1 Å². The Bertz CT molecular complexity index is 2570. The third-order valence-electron chi connectivity index (χ3n) is 8.14. The molecule has 0 radical (unpaired) electrons. The molecular formula is C35H34BrClF2N8O6S. The maximum atomic E-state index is 14.6. The molecule has 3 aromatic carbocycles. The van der Waals surface area contributed by atoms with Gasteiger partial charge in [0.05, 0.1) is 47.6 Å². The molecule has 54 heavy (non-hydrogen) atoms. The monoisotopic (exact) mass is 846 g/mol. The first-order valence-corrected chi connectivity index (χ1v) is 19.2. The minimum absolute atomic E-state index is 0.0150. The average molecular weight is 848 g/mol. The van der Waals surface area contributed by atoms with Crippen LogP contribution < -0.4 is 19.9 Å². The molecule has 3 heterocycles. The number of carbonyl (C=O) groups is 1. The molecule has 0 saturated heterocycles. The lowest BCUT2D eigenvalue weighted by molar-refractivity contribution is 0.0500. The van der Waals surface area contributed by atoms with Gasteiger partial charge in [0.25, 0.3) is 5.56 Å². The van der Waals surface area contributed by atoms with Crippen LogP contribution in [-0.4, -0.2) is 62.7 Å². The van der Waals surface area contributed by atoms with E-state index in [0.717, 1.165) is 27.3 Å². The highest BCUT2D eigenvalue weighted by Crippen LogP contribution is 2.38. The van der Waals surface area contributed by atoms with Gasteiger partial charge >= 0.3 is 6.09 Å². The van der Waals surface area contributed by atoms with Crippen LogP contribution in [-0.2, 0) is 34.8 Å². The fourth-order valence-corrected chi connectivity index (χ4v) is 7.38. The minimum Gasteiger partial charge on any atom is -0.497 e. The van der Waals surface area contributed by atoms with Crippen LogP contribution in [0, 0.1) is 11.6 Å². The predicted molar refractivity (Wildman–Crippen MR) is 202 cm³/mol. The molecule has 0 spiro atoms. The molecule has 0 unspecified atom stereocenters. The van der Waals surface area contributed by atoms with Gasteiger partial charge in [-0.15, -0.1) is 14.8 Å². The van der Waals surface area contributed by atoms with E-state index in [0.29, 0.717) is 17.4 Å². The molecule has 19 heteroatoms. The number of amides is 1. The Kier molecular flexibility index (Phi) is 10.5. The number of alkyl carbamates (subject to hydrolysis) is 1. The number of hydrogen-bond acceptors (Lipinski definition) is 9. The molecule has 0 aliphatic heterocycles. The van der Waals surface area contributed by atoms with Crippen molar-refractivity contribution in [1.29, 1.82) is 0 Å². The molecule has 0 aliphatic rings. The summed E-state index contributed by atoms with van der Waals surface area (Å²) in [5, 5.41) is 16.5. The van der Waals surface area contributed by atoms with E-state index in [1.807, 2.05) is 0 Å². The Morgan fingerprint density at radius 3 is 2.30 bits per heavy atom. The normalized spacial score (nSPS) is 12.6. The number of methoxy groups -OCH3 is 1. The standard InChI is InChI=1S/C35H34BrClF2N8O6S/c1-35(2,3)53-34(49)40-25(15-20-13-21(38)16-22(39)14-20)31-43-47-27(17-28(36)41-47)33(48)46(31)26-12-11-24(37)29-30(26)44(4)42-32(29)45(54(6,50)51)18-19-7-9-23(52-5)10-8-19/h7-14,16-17,25H,15,18H2,1-6H3,(H,40,49)/t25-/m0/s1. The highest BCUT2D eigenvalue weighted by molar-refractivity contribution is 9.10. The first-order chi connectivity index (χ1) is 25.3. The summed E-state index contributed by atoms with van der Waals surface area (Å²) in [5.74, 6) is -1.27. The van der Waals surface area contributed by atoms with Gasteiger partial charge in [0.2, 0.25) is 10.0 Å². The summed E-state index contributed by atoms with van der Waals surface area (Å²) in [7, 11) is -0.912. The van der Waals surface area contributed by atoms with Crippen LogP contribution in [0.3, 0.4) is 0 Å². The van der Waals surface area contributed by atoms with E-state index >= 15 is 0 Å². The van der Waals surface area contributed by atoms with Crippen molar-refractivity contribution >= 4 is 65.9 Å². The van der Waals surface area contributed by atoms with Crippen LogP contribution in [0.15, 0.2) is 70.1 Å². The molecular weight excluding hydrogens is 814 g/mol. The maximum absolute atomic E-state index is 14.6. The van der Waals surface area contributed by atoms with Gasteiger partial charge in [-0.3, -0.25) is 14.0 Å². The van der Waals surface area contributed by atoms with Gasteiger partial charge in [-0.1, -0.05) is 23.7 Å². The third kappa shape index (κ3) is 8.05. The molecule has 0 bridgehead atoms. The molecule has 0 fully saturated rings. The van der Waals surface area contributed by atoms with Crippen molar-refractivity contribution in [3.05, 3.63) is 109 Å². The SMILES string of the molecule is COc1ccc(CN(c2nn(C)c3c(-n4c([C@H](Cc5cc(F)cc(F)c5)NC(=O)OC(C)(C)C)nn5nc(Br)cc5c4=O)ccc(Cl)c23)S(C)(=O)=O)cc1. The number of fused-ring (bicyclic) bond motifs is 2. The van der Waals surface area contributed by atoms with E-state index < -0.39 is 45.0 Å². The molecule has 284 valence electrons. The summed E-state index contributed by atoms with van der Waals surface area (Å²) in [6.07, 6.45) is -0.126. The third-order valence-corrected chi connectivity index (χ3v) is 9.94. The van der Waals surface area contributed by atoms with Crippen LogP contribution in [0.2, 0.25) is 5.02 Å². The zero-order valence-electron chi connectivity index (χ0n) is 29.8. The Morgan fingerprint density at radius 2 is 1.69 bits per heavy atom. The van der Waals surface area contributed by atoms with E-state index in [2.05, 4.69) is 36.5 Å². The number of hydrogen-bond donors (Lipinski definition) is 1. The molecule has 1 amide bonds. The summed E-state index contributed by atoms with van der Waals surface area (Å²) in [5.41, 5.74) is -0.470. The zero-order chi connectivity index (χ0) is 39.3. The van der Waals surface area contributed by atoms with Crippen LogP contribution >= 0.6 is 27.5 Å². The van der Waals surface area contributed by atoms with Crippen LogP contribution in [0.1, 0.15) is 43.8 Å². The Balaban J connectivity index is 1.61. The molecule has 0 saturated carbocycles. The highest BCUT2D eigenvalue weighted by atomic mass is 79.9. The second kappa shape index (κ2) is 14.6. The van der Waals surface area contributed by atoms with Crippen molar-refractivity contribution in [2.24, 2.45) is 7.05 Å². The van der Waals surface area contributed by atoms with E-state index in [-0.39, 0.29) is 61.9 Å². The summed E-state index contributed by atoms with van der Waals surface area (Å²) in [4.78, 5) is 27.9. The number of aromatic nitrogens is 6. The van der Waals surface area contributed by atoms with Crippen LogP contribution in [0.25, 0.3) is 22.1 Å². The number of carbonyl (C=O) groups excluding carboxylic acids is 1. The van der Waals surface area contributed by atoms with Crippen LogP contribution in [0.4, 0.5) is 19.4 Å². The van der Waals surface area contributed by atoms with Crippen molar-refractivity contribution in [3.8, 4) is 11.4 Å². The smallest absolute Gasteiger partial charge is 0.408 e. The quantitative estimate of drug-likeness (QED) is 0.169. The topological polar surface area (TPSA) is 155 Å². The number of benzene rings is 3. The van der Waals surface area contributed by atoms with Crippen molar-refractivity contribution in [2.45, 2.75) is 45.4 Å². The fraction of sp³-hybridized carbons (Fsp3) is 0.286. The fourth-order valence-electron chi connectivity index (χ4n) is 5.95. The van der Waals surface area contributed by atoms with Crippen molar-refractivity contribution < 1.29 is 31.5 Å². The zero-order valence-corrected chi connectivity index (χ0v) is 32.9. The van der Waals surface area contributed by atoms with Gasteiger partial charge in [-0.05, 0) is 84.2 Å². The number of halogens is 4.